The van der Waals surface area contributed by atoms with Crippen LogP contribution in [0, 0.1) is 0 Å². The van der Waals surface area contributed by atoms with Crippen molar-refractivity contribution in [1.82, 2.24) is 0 Å². The summed E-state index contributed by atoms with van der Waals surface area (Å²) in [5, 5.41) is 11.6. The zero-order chi connectivity index (χ0) is 21.1. The molecule has 0 amide bonds. The minimum absolute atomic E-state index is 0.518. The molecule has 3 aromatic rings. The first-order chi connectivity index (χ1) is 14.6. The van der Waals surface area contributed by atoms with E-state index in [0.29, 0.717) is 17.7 Å². The molecule has 0 aromatic heterocycles. The van der Waals surface area contributed by atoms with Crippen LogP contribution in [-0.4, -0.2) is 29.8 Å². The van der Waals surface area contributed by atoms with Crippen molar-refractivity contribution in [3.63, 3.8) is 0 Å². The number of benzene rings is 3. The Labute approximate surface area is 178 Å². The van der Waals surface area contributed by atoms with Gasteiger partial charge in [0.15, 0.2) is 6.10 Å². The van der Waals surface area contributed by atoms with Crippen molar-refractivity contribution in [2.75, 3.05) is 11.4 Å². The molecule has 4 nitrogen and oxygen atoms in total. The molecule has 4 heteroatoms. The lowest BCUT2D eigenvalue weighted by Gasteiger charge is -2.31. The van der Waals surface area contributed by atoms with Gasteiger partial charge >= 0.3 is 5.97 Å². The Morgan fingerprint density at radius 1 is 1.07 bits per heavy atom. The zero-order valence-electron chi connectivity index (χ0n) is 17.6. The third kappa shape index (κ3) is 4.13. The molecule has 1 aliphatic rings. The fourth-order valence-electron chi connectivity index (χ4n) is 4.70. The minimum Gasteiger partial charge on any atom is -0.479 e. The molecule has 0 bridgehead atoms. The van der Waals surface area contributed by atoms with E-state index >= 15 is 0 Å². The predicted molar refractivity (Wildman–Crippen MR) is 122 cm³/mol. The molecule has 1 N–H and O–H groups in total. The van der Waals surface area contributed by atoms with E-state index < -0.39 is 12.1 Å². The number of anilines is 1. The molecule has 0 spiro atoms. The van der Waals surface area contributed by atoms with Gasteiger partial charge in [0.25, 0.3) is 0 Å². The van der Waals surface area contributed by atoms with E-state index in [1.807, 2.05) is 12.1 Å². The van der Waals surface area contributed by atoms with E-state index in [1.165, 1.54) is 28.4 Å². The standard InChI is InChI=1S/C26H29NO3/c1-3-27(25-10-6-8-20-7-4-5-9-24(20)25)22-14-11-21(17-22)19-12-15-23(16-13-19)30-18(2)26(28)29/h4-10,12-13,15-16,18,21-22H,3,11,14,17H2,1-2H3,(H,28,29). The second kappa shape index (κ2) is 8.78. The van der Waals surface area contributed by atoms with E-state index in [-0.39, 0.29) is 0 Å². The van der Waals surface area contributed by atoms with Crippen molar-refractivity contribution in [3.8, 4) is 5.75 Å². The molecule has 3 aromatic carbocycles. The third-order valence-electron chi connectivity index (χ3n) is 6.27. The number of hydrogen-bond acceptors (Lipinski definition) is 3. The van der Waals surface area contributed by atoms with Gasteiger partial charge in [-0.3, -0.25) is 0 Å². The van der Waals surface area contributed by atoms with Crippen LogP contribution in [0.5, 0.6) is 5.75 Å². The number of nitrogens with zero attached hydrogens (tertiary/aromatic N) is 1. The van der Waals surface area contributed by atoms with Gasteiger partial charge in [0, 0.05) is 23.7 Å². The summed E-state index contributed by atoms with van der Waals surface area (Å²) in [7, 11) is 0. The highest BCUT2D eigenvalue weighted by atomic mass is 16.5. The lowest BCUT2D eigenvalue weighted by Crippen LogP contribution is -2.33. The van der Waals surface area contributed by atoms with Crippen molar-refractivity contribution >= 4 is 22.4 Å². The van der Waals surface area contributed by atoms with E-state index in [0.717, 1.165) is 19.4 Å². The van der Waals surface area contributed by atoms with Gasteiger partial charge in [-0.2, -0.15) is 0 Å². The monoisotopic (exact) mass is 403 g/mol. The van der Waals surface area contributed by atoms with E-state index in [1.54, 1.807) is 6.92 Å². The third-order valence-corrected chi connectivity index (χ3v) is 6.27. The van der Waals surface area contributed by atoms with Crippen molar-refractivity contribution < 1.29 is 14.6 Å². The van der Waals surface area contributed by atoms with Crippen molar-refractivity contribution in [2.24, 2.45) is 0 Å². The van der Waals surface area contributed by atoms with Crippen molar-refractivity contribution in [2.45, 2.75) is 51.2 Å². The summed E-state index contributed by atoms with van der Waals surface area (Å²) in [6, 6.07) is 23.7. The molecule has 0 heterocycles. The van der Waals surface area contributed by atoms with Gasteiger partial charge in [-0.15, -0.1) is 0 Å². The minimum atomic E-state index is -0.953. The van der Waals surface area contributed by atoms with E-state index in [2.05, 4.69) is 66.4 Å². The van der Waals surface area contributed by atoms with Crippen LogP contribution in [0.1, 0.15) is 44.6 Å². The maximum atomic E-state index is 11.0. The van der Waals surface area contributed by atoms with Gasteiger partial charge in [-0.1, -0.05) is 48.5 Å². The average Bonchev–Trinajstić information content (AvgIpc) is 3.25. The Balaban J connectivity index is 1.48. The second-order valence-corrected chi connectivity index (χ2v) is 8.12. The van der Waals surface area contributed by atoms with Crippen molar-refractivity contribution in [1.29, 1.82) is 0 Å². The first-order valence-electron chi connectivity index (χ1n) is 10.8. The Kier molecular flexibility index (Phi) is 5.93. The highest BCUT2D eigenvalue weighted by Crippen LogP contribution is 2.40. The predicted octanol–water partition coefficient (Wildman–Crippen LogP) is 5.85. The van der Waals surface area contributed by atoms with Crippen LogP contribution in [-0.2, 0) is 4.79 Å². The molecular formula is C26H29NO3. The zero-order valence-corrected chi connectivity index (χ0v) is 17.6. The van der Waals surface area contributed by atoms with E-state index in [4.69, 9.17) is 9.84 Å². The summed E-state index contributed by atoms with van der Waals surface area (Å²) in [6.45, 7) is 4.78. The smallest absolute Gasteiger partial charge is 0.344 e. The second-order valence-electron chi connectivity index (χ2n) is 8.12. The normalized spacial score (nSPS) is 19.5. The molecule has 3 atom stereocenters. The van der Waals surface area contributed by atoms with Gasteiger partial charge in [-0.25, -0.2) is 4.79 Å². The highest BCUT2D eigenvalue weighted by Gasteiger charge is 2.30. The molecule has 0 radical (unpaired) electrons. The quantitative estimate of drug-likeness (QED) is 0.537. The van der Waals surface area contributed by atoms with Crippen LogP contribution in [0.4, 0.5) is 5.69 Å². The number of hydrogen-bond donors (Lipinski definition) is 1. The summed E-state index contributed by atoms with van der Waals surface area (Å²) in [5.41, 5.74) is 2.63. The molecular weight excluding hydrogens is 374 g/mol. The van der Waals surface area contributed by atoms with Crippen LogP contribution < -0.4 is 9.64 Å². The number of fused-ring (bicyclic) bond motifs is 1. The Hall–Kier alpha value is -3.01. The number of rotatable bonds is 7. The topological polar surface area (TPSA) is 49.8 Å². The van der Waals surface area contributed by atoms with Gasteiger partial charge < -0.3 is 14.7 Å². The fourth-order valence-corrected chi connectivity index (χ4v) is 4.70. The number of carbonyl (C=O) groups is 1. The van der Waals surface area contributed by atoms with Crippen LogP contribution >= 0.6 is 0 Å². The molecule has 0 aliphatic heterocycles. The molecule has 30 heavy (non-hydrogen) atoms. The maximum Gasteiger partial charge on any atom is 0.344 e. The number of ether oxygens (including phenoxy) is 1. The van der Waals surface area contributed by atoms with Gasteiger partial charge in [-0.05, 0) is 68.2 Å². The SMILES string of the molecule is CCN(c1cccc2ccccc12)C1CCC(c2ccc(OC(C)C(=O)O)cc2)C1. The van der Waals surface area contributed by atoms with E-state index in [9.17, 15) is 4.79 Å². The molecule has 156 valence electrons. The molecule has 1 fully saturated rings. The average molecular weight is 404 g/mol. The summed E-state index contributed by atoms with van der Waals surface area (Å²) < 4.78 is 5.46. The lowest BCUT2D eigenvalue weighted by molar-refractivity contribution is -0.144. The highest BCUT2D eigenvalue weighted by molar-refractivity contribution is 5.94. The number of carboxylic acids is 1. The van der Waals surface area contributed by atoms with Crippen LogP contribution in [0.15, 0.2) is 66.7 Å². The van der Waals surface area contributed by atoms with Gasteiger partial charge in [0.2, 0.25) is 0 Å². The fraction of sp³-hybridized carbons (Fsp3) is 0.346. The van der Waals surface area contributed by atoms with Crippen LogP contribution in [0.3, 0.4) is 0 Å². The molecule has 1 saturated carbocycles. The summed E-state index contributed by atoms with van der Waals surface area (Å²) in [6.07, 6.45) is 2.63. The lowest BCUT2D eigenvalue weighted by atomic mass is 9.97. The Morgan fingerprint density at radius 3 is 2.53 bits per heavy atom. The number of aliphatic carboxylic acids is 1. The van der Waals surface area contributed by atoms with Crippen LogP contribution in [0.25, 0.3) is 10.8 Å². The van der Waals surface area contributed by atoms with Crippen LogP contribution in [0.2, 0.25) is 0 Å². The summed E-state index contributed by atoms with van der Waals surface area (Å²) >= 11 is 0. The largest absolute Gasteiger partial charge is 0.479 e. The first-order valence-corrected chi connectivity index (χ1v) is 10.8. The molecule has 4 rings (SSSR count). The summed E-state index contributed by atoms with van der Waals surface area (Å²) in [5.74, 6) is 0.171. The van der Waals surface area contributed by atoms with Gasteiger partial charge in [0.05, 0.1) is 0 Å². The first kappa shape index (κ1) is 20.3. The maximum absolute atomic E-state index is 11.0. The molecule has 0 saturated heterocycles. The number of carboxylic acid groups (broad SMARTS) is 1. The Bertz CT molecular complexity index is 1010. The van der Waals surface area contributed by atoms with Crippen molar-refractivity contribution in [3.05, 3.63) is 72.3 Å². The summed E-state index contributed by atoms with van der Waals surface area (Å²) in [4.78, 5) is 13.5. The van der Waals surface area contributed by atoms with Gasteiger partial charge in [0.1, 0.15) is 5.75 Å². The molecule has 1 aliphatic carbocycles. The molecule has 3 unspecified atom stereocenters. The Morgan fingerprint density at radius 2 is 1.80 bits per heavy atom.